The van der Waals surface area contributed by atoms with Gasteiger partial charge in [-0.2, -0.15) is 9.97 Å². The smallest absolute Gasteiger partial charge is 0.238 e. The van der Waals surface area contributed by atoms with Crippen LogP contribution in [0.15, 0.2) is 136 Å². The lowest BCUT2D eigenvalue weighted by molar-refractivity contribution is 0.620. The first kappa shape index (κ1) is 27.5. The standard InChI is InChI=1S/C42H27N5O2/c1-24-21-25(2)23-26(22-24)41-43-33-17-10-16-32(38(33)49-41)40-44-39(31-15-9-14-30-29-13-5-8-20-36(29)48-37(30)31)45-42(46-40)47-34-18-6-3-11-27(34)28-12-4-7-19-35(28)47/h3-23H,1-2H3. The van der Waals surface area contributed by atoms with Gasteiger partial charge in [0.05, 0.1) is 22.2 Å². The highest BCUT2D eigenvalue weighted by Gasteiger charge is 2.22. The van der Waals surface area contributed by atoms with E-state index in [1.54, 1.807) is 0 Å². The number of furan rings is 1. The maximum atomic E-state index is 6.54. The Morgan fingerprint density at radius 2 is 1.08 bits per heavy atom. The predicted octanol–water partition coefficient (Wildman–Crippen LogP) is 10.6. The first-order chi connectivity index (χ1) is 24.1. The Labute approximate surface area is 280 Å². The van der Waals surface area contributed by atoms with E-state index in [0.29, 0.717) is 29.1 Å². The van der Waals surface area contributed by atoms with Gasteiger partial charge in [-0.3, -0.25) is 4.57 Å². The zero-order valence-electron chi connectivity index (χ0n) is 26.7. The summed E-state index contributed by atoms with van der Waals surface area (Å²) in [7, 11) is 0. The van der Waals surface area contributed by atoms with Crippen LogP contribution in [-0.4, -0.2) is 24.5 Å². The molecular weight excluding hydrogens is 606 g/mol. The van der Waals surface area contributed by atoms with Crippen LogP contribution in [-0.2, 0) is 0 Å². The first-order valence-corrected chi connectivity index (χ1v) is 16.2. The van der Waals surface area contributed by atoms with E-state index in [-0.39, 0.29) is 0 Å². The number of aryl methyl sites for hydroxylation is 2. The average molecular weight is 634 g/mol. The maximum Gasteiger partial charge on any atom is 0.238 e. The third kappa shape index (κ3) is 4.29. The summed E-state index contributed by atoms with van der Waals surface area (Å²) in [6.07, 6.45) is 0. The minimum absolute atomic E-state index is 0.476. The zero-order valence-corrected chi connectivity index (χ0v) is 26.7. The number of rotatable bonds is 4. The van der Waals surface area contributed by atoms with Crippen molar-refractivity contribution in [3.8, 4) is 40.2 Å². The van der Waals surface area contributed by atoms with Gasteiger partial charge >= 0.3 is 0 Å². The SMILES string of the molecule is Cc1cc(C)cc(-c2nc3cccc(-c4nc(-c5cccc6c5oc5ccccc56)nc(-n5c6ccccc6c6ccccc65)n4)c3o2)c1. The van der Waals surface area contributed by atoms with E-state index in [1.165, 1.54) is 0 Å². The molecule has 0 spiro atoms. The summed E-state index contributed by atoms with van der Waals surface area (Å²) >= 11 is 0. The molecule has 0 unspecified atom stereocenters. The second-order valence-corrected chi connectivity index (χ2v) is 12.5. The fourth-order valence-electron chi connectivity index (χ4n) is 7.11. The summed E-state index contributed by atoms with van der Waals surface area (Å²) in [4.78, 5) is 20.4. The van der Waals surface area contributed by atoms with Crippen molar-refractivity contribution in [3.05, 3.63) is 139 Å². The van der Waals surface area contributed by atoms with Crippen molar-refractivity contribution in [3.63, 3.8) is 0 Å². The van der Waals surface area contributed by atoms with Crippen LogP contribution >= 0.6 is 0 Å². The van der Waals surface area contributed by atoms with Crippen LogP contribution in [0.5, 0.6) is 0 Å². The minimum atomic E-state index is 0.476. The Balaban J connectivity index is 1.27. The van der Waals surface area contributed by atoms with Crippen LogP contribution in [0.4, 0.5) is 0 Å². The molecule has 10 aromatic rings. The molecule has 232 valence electrons. The molecule has 4 heterocycles. The van der Waals surface area contributed by atoms with Gasteiger partial charge in [-0.05, 0) is 62.4 Å². The molecule has 0 N–H and O–H groups in total. The monoisotopic (exact) mass is 633 g/mol. The van der Waals surface area contributed by atoms with Crippen molar-refractivity contribution in [1.82, 2.24) is 24.5 Å². The van der Waals surface area contributed by atoms with Gasteiger partial charge < -0.3 is 8.83 Å². The summed E-state index contributed by atoms with van der Waals surface area (Å²) in [6, 6.07) is 43.1. The quantitative estimate of drug-likeness (QED) is 0.192. The fourth-order valence-corrected chi connectivity index (χ4v) is 7.11. The van der Waals surface area contributed by atoms with Crippen LogP contribution in [0.2, 0.25) is 0 Å². The van der Waals surface area contributed by atoms with E-state index in [4.69, 9.17) is 28.8 Å². The Morgan fingerprint density at radius 1 is 0.490 bits per heavy atom. The van der Waals surface area contributed by atoms with Gasteiger partial charge in [0.1, 0.15) is 16.7 Å². The van der Waals surface area contributed by atoms with Crippen LogP contribution in [0.25, 0.3) is 95.0 Å². The largest absolute Gasteiger partial charge is 0.455 e. The molecule has 0 saturated carbocycles. The van der Waals surface area contributed by atoms with Gasteiger partial charge in [0, 0.05) is 27.1 Å². The molecule has 7 nitrogen and oxygen atoms in total. The molecule has 4 aromatic heterocycles. The molecule has 10 rings (SSSR count). The molecule has 0 aliphatic carbocycles. The van der Waals surface area contributed by atoms with Crippen molar-refractivity contribution in [2.45, 2.75) is 13.8 Å². The van der Waals surface area contributed by atoms with Gasteiger partial charge in [-0.15, -0.1) is 0 Å². The van der Waals surface area contributed by atoms with Crippen molar-refractivity contribution in [1.29, 1.82) is 0 Å². The van der Waals surface area contributed by atoms with Crippen molar-refractivity contribution in [2.75, 3.05) is 0 Å². The molecule has 0 fully saturated rings. The van der Waals surface area contributed by atoms with Crippen LogP contribution in [0, 0.1) is 13.8 Å². The molecule has 0 saturated heterocycles. The molecule has 0 bridgehead atoms. The number of hydrogen-bond acceptors (Lipinski definition) is 6. The molecule has 0 aliphatic heterocycles. The molecule has 0 radical (unpaired) electrons. The van der Waals surface area contributed by atoms with Crippen LogP contribution < -0.4 is 0 Å². The number of benzene rings is 6. The highest BCUT2D eigenvalue weighted by Crippen LogP contribution is 2.38. The Morgan fingerprint density at radius 3 is 1.80 bits per heavy atom. The van der Waals surface area contributed by atoms with E-state index < -0.39 is 0 Å². The maximum absolute atomic E-state index is 6.54. The molecule has 6 aromatic carbocycles. The highest BCUT2D eigenvalue weighted by molar-refractivity contribution is 6.10. The van der Waals surface area contributed by atoms with Crippen LogP contribution in [0.1, 0.15) is 11.1 Å². The Kier molecular flexibility index (Phi) is 5.87. The minimum Gasteiger partial charge on any atom is -0.455 e. The van der Waals surface area contributed by atoms with Crippen molar-refractivity contribution in [2.24, 2.45) is 0 Å². The van der Waals surface area contributed by atoms with E-state index in [1.807, 2.05) is 60.7 Å². The number of para-hydroxylation sites is 5. The number of hydrogen-bond donors (Lipinski definition) is 0. The molecule has 0 aliphatic rings. The van der Waals surface area contributed by atoms with E-state index in [2.05, 4.69) is 85.1 Å². The topological polar surface area (TPSA) is 82.8 Å². The third-order valence-electron chi connectivity index (χ3n) is 9.17. The zero-order chi connectivity index (χ0) is 32.6. The molecule has 0 atom stereocenters. The summed E-state index contributed by atoms with van der Waals surface area (Å²) in [6.45, 7) is 4.16. The van der Waals surface area contributed by atoms with Crippen molar-refractivity contribution < 1.29 is 8.83 Å². The van der Waals surface area contributed by atoms with Gasteiger partial charge in [0.15, 0.2) is 17.2 Å². The van der Waals surface area contributed by atoms with Gasteiger partial charge in [-0.1, -0.05) is 90.0 Å². The average Bonchev–Trinajstić information content (AvgIpc) is 3.83. The first-order valence-electron chi connectivity index (χ1n) is 16.2. The predicted molar refractivity (Wildman–Crippen MR) is 195 cm³/mol. The van der Waals surface area contributed by atoms with Crippen molar-refractivity contribution >= 4 is 54.8 Å². The Bertz CT molecular complexity index is 2860. The van der Waals surface area contributed by atoms with Crippen LogP contribution in [0.3, 0.4) is 0 Å². The third-order valence-corrected chi connectivity index (χ3v) is 9.17. The molecular formula is C42H27N5O2. The van der Waals surface area contributed by atoms with E-state index >= 15 is 0 Å². The summed E-state index contributed by atoms with van der Waals surface area (Å²) in [5, 5.41) is 4.29. The normalized spacial score (nSPS) is 11.9. The summed E-state index contributed by atoms with van der Waals surface area (Å²) in [5.41, 5.74) is 9.62. The Hall–Kier alpha value is -6.60. The lowest BCUT2D eigenvalue weighted by Gasteiger charge is -2.11. The fraction of sp³-hybridized carbons (Fsp3) is 0.0476. The summed E-state index contributed by atoms with van der Waals surface area (Å²) in [5.74, 6) is 2.02. The second kappa shape index (κ2) is 10.5. The molecule has 49 heavy (non-hydrogen) atoms. The van der Waals surface area contributed by atoms with Gasteiger partial charge in [-0.25, -0.2) is 9.97 Å². The number of aromatic nitrogens is 5. The van der Waals surface area contributed by atoms with Gasteiger partial charge in [0.25, 0.3) is 0 Å². The molecule has 7 heteroatoms. The summed E-state index contributed by atoms with van der Waals surface area (Å²) < 4.78 is 15.1. The second-order valence-electron chi connectivity index (χ2n) is 12.5. The lowest BCUT2D eigenvalue weighted by Crippen LogP contribution is -2.06. The number of nitrogens with zero attached hydrogens (tertiary/aromatic N) is 5. The van der Waals surface area contributed by atoms with E-state index in [9.17, 15) is 0 Å². The number of oxazole rings is 1. The number of fused-ring (bicyclic) bond motifs is 7. The molecule has 0 amide bonds. The lowest BCUT2D eigenvalue weighted by atomic mass is 10.1. The highest BCUT2D eigenvalue weighted by atomic mass is 16.3. The van der Waals surface area contributed by atoms with E-state index in [0.717, 1.165) is 77.1 Å². The van der Waals surface area contributed by atoms with Gasteiger partial charge in [0.2, 0.25) is 11.8 Å².